The van der Waals surface area contributed by atoms with E-state index >= 15 is 0 Å². The number of benzene rings is 1. The van der Waals surface area contributed by atoms with E-state index in [2.05, 4.69) is 31.3 Å². The van der Waals surface area contributed by atoms with Crippen molar-refractivity contribution in [3.05, 3.63) is 35.1 Å². The lowest BCUT2D eigenvalue weighted by Gasteiger charge is -2.16. The zero-order chi connectivity index (χ0) is 15.7. The molecule has 1 aromatic heterocycles. The number of fused-ring (bicyclic) bond motifs is 1. The minimum Gasteiger partial charge on any atom is -0.464 e. The molecule has 1 N–H and O–H groups in total. The fourth-order valence-electron chi connectivity index (χ4n) is 3.31. The van der Waals surface area contributed by atoms with Crippen LogP contribution in [0.1, 0.15) is 23.1 Å². The lowest BCUT2D eigenvalue weighted by Crippen LogP contribution is -2.31. The fourth-order valence-corrected chi connectivity index (χ4v) is 3.31. The van der Waals surface area contributed by atoms with E-state index in [9.17, 15) is 4.79 Å². The van der Waals surface area contributed by atoms with Gasteiger partial charge in [0.1, 0.15) is 5.58 Å². The molecule has 1 aromatic carbocycles. The van der Waals surface area contributed by atoms with E-state index in [1.54, 1.807) is 6.26 Å². The number of carbonyl (C=O) groups is 1. The van der Waals surface area contributed by atoms with Crippen LogP contribution in [-0.2, 0) is 11.2 Å². The summed E-state index contributed by atoms with van der Waals surface area (Å²) in [7, 11) is 1.96. The molecule has 1 aliphatic rings. The second-order valence-corrected chi connectivity index (χ2v) is 6.37. The molecule has 0 aliphatic carbocycles. The Kier molecular flexibility index (Phi) is 4.21. The molecule has 0 bridgehead atoms. The minimum absolute atomic E-state index is 0.208. The first-order chi connectivity index (χ1) is 10.6. The number of carbonyl (C=O) groups excluding carboxylic acids is 1. The number of amides is 1. The summed E-state index contributed by atoms with van der Waals surface area (Å²) in [5.74, 6) is 0.791. The van der Waals surface area contributed by atoms with E-state index in [0.717, 1.165) is 48.2 Å². The standard InChI is InChI=1S/C18H24N2O2/c1-12-4-5-16-15(11-22-18(16)13(12)2)8-17(21)20-7-6-14(10-20)9-19-3/h4-5,11,14,19H,6-10H2,1-3H3. The molecular weight excluding hydrogens is 276 g/mol. The molecule has 2 aromatic rings. The van der Waals surface area contributed by atoms with E-state index in [0.29, 0.717) is 12.3 Å². The number of likely N-dealkylation sites (tertiary alicyclic amines) is 1. The van der Waals surface area contributed by atoms with Gasteiger partial charge in [0.15, 0.2) is 0 Å². The Hall–Kier alpha value is -1.81. The maximum Gasteiger partial charge on any atom is 0.227 e. The summed E-state index contributed by atoms with van der Waals surface area (Å²) >= 11 is 0. The van der Waals surface area contributed by atoms with Crippen LogP contribution in [0.15, 0.2) is 22.8 Å². The summed E-state index contributed by atoms with van der Waals surface area (Å²) in [6, 6.07) is 4.16. The van der Waals surface area contributed by atoms with Gasteiger partial charge in [-0.2, -0.15) is 0 Å². The molecule has 0 saturated carbocycles. The number of nitrogens with one attached hydrogen (secondary N) is 1. The summed E-state index contributed by atoms with van der Waals surface area (Å²) in [4.78, 5) is 14.5. The Labute approximate surface area is 131 Å². The molecular formula is C18H24N2O2. The van der Waals surface area contributed by atoms with Gasteiger partial charge in [-0.15, -0.1) is 0 Å². The number of aryl methyl sites for hydroxylation is 2. The second kappa shape index (κ2) is 6.13. The van der Waals surface area contributed by atoms with Crippen molar-refractivity contribution in [2.75, 3.05) is 26.7 Å². The summed E-state index contributed by atoms with van der Waals surface area (Å²) in [6.07, 6.45) is 3.27. The molecule has 0 radical (unpaired) electrons. The SMILES string of the molecule is CNCC1CCN(C(=O)Cc2coc3c(C)c(C)ccc23)C1. The predicted octanol–water partition coefficient (Wildman–Crippen LogP) is 2.66. The van der Waals surface area contributed by atoms with Crippen LogP contribution < -0.4 is 5.32 Å². The zero-order valence-corrected chi connectivity index (χ0v) is 13.6. The largest absolute Gasteiger partial charge is 0.464 e. The lowest BCUT2D eigenvalue weighted by atomic mass is 10.0. The van der Waals surface area contributed by atoms with Crippen LogP contribution in [-0.4, -0.2) is 37.5 Å². The normalized spacial score (nSPS) is 18.3. The fraction of sp³-hybridized carbons (Fsp3) is 0.500. The third kappa shape index (κ3) is 2.75. The van der Waals surface area contributed by atoms with E-state index in [1.807, 2.05) is 11.9 Å². The van der Waals surface area contributed by atoms with Gasteiger partial charge in [0, 0.05) is 24.0 Å². The van der Waals surface area contributed by atoms with Gasteiger partial charge in [-0.1, -0.05) is 12.1 Å². The van der Waals surface area contributed by atoms with E-state index in [4.69, 9.17) is 4.42 Å². The van der Waals surface area contributed by atoms with Gasteiger partial charge in [0.2, 0.25) is 5.91 Å². The van der Waals surface area contributed by atoms with Gasteiger partial charge >= 0.3 is 0 Å². The van der Waals surface area contributed by atoms with Crippen molar-refractivity contribution in [3.63, 3.8) is 0 Å². The molecule has 1 atom stereocenters. The van der Waals surface area contributed by atoms with Crippen LogP contribution in [0.2, 0.25) is 0 Å². The molecule has 1 amide bonds. The third-order valence-corrected chi connectivity index (χ3v) is 4.81. The summed E-state index contributed by atoms with van der Waals surface area (Å²) < 4.78 is 5.70. The van der Waals surface area contributed by atoms with Crippen LogP contribution in [0.25, 0.3) is 11.0 Å². The highest BCUT2D eigenvalue weighted by molar-refractivity contribution is 5.89. The van der Waals surface area contributed by atoms with Crippen molar-refractivity contribution in [1.29, 1.82) is 0 Å². The van der Waals surface area contributed by atoms with Crippen molar-refractivity contribution in [2.24, 2.45) is 5.92 Å². The number of rotatable bonds is 4. The molecule has 1 unspecified atom stereocenters. The average Bonchev–Trinajstić information content (AvgIpc) is 3.11. The topological polar surface area (TPSA) is 45.5 Å². The number of furan rings is 1. The van der Waals surface area contributed by atoms with Gasteiger partial charge < -0.3 is 14.6 Å². The zero-order valence-electron chi connectivity index (χ0n) is 13.6. The van der Waals surface area contributed by atoms with Crippen LogP contribution in [0, 0.1) is 19.8 Å². The van der Waals surface area contributed by atoms with E-state index in [-0.39, 0.29) is 5.91 Å². The first-order valence-corrected chi connectivity index (χ1v) is 7.98. The molecule has 22 heavy (non-hydrogen) atoms. The Bertz CT molecular complexity index is 690. The molecule has 118 valence electrons. The maximum absolute atomic E-state index is 12.5. The summed E-state index contributed by atoms with van der Waals surface area (Å²) in [6.45, 7) is 6.87. The third-order valence-electron chi connectivity index (χ3n) is 4.81. The predicted molar refractivity (Wildman–Crippen MR) is 88.0 cm³/mol. The van der Waals surface area contributed by atoms with Crippen molar-refractivity contribution < 1.29 is 9.21 Å². The smallest absolute Gasteiger partial charge is 0.227 e. The summed E-state index contributed by atoms with van der Waals surface area (Å²) in [5, 5.41) is 4.27. The Morgan fingerprint density at radius 1 is 1.41 bits per heavy atom. The van der Waals surface area contributed by atoms with Gasteiger partial charge in [-0.05, 0) is 50.9 Å². The maximum atomic E-state index is 12.5. The highest BCUT2D eigenvalue weighted by Crippen LogP contribution is 2.27. The Balaban J connectivity index is 1.74. The Morgan fingerprint density at radius 3 is 3.00 bits per heavy atom. The molecule has 4 nitrogen and oxygen atoms in total. The molecule has 1 aliphatic heterocycles. The van der Waals surface area contributed by atoms with Gasteiger partial charge in [0.05, 0.1) is 12.7 Å². The van der Waals surface area contributed by atoms with Crippen LogP contribution >= 0.6 is 0 Å². The monoisotopic (exact) mass is 300 g/mol. The first-order valence-electron chi connectivity index (χ1n) is 7.98. The van der Waals surface area contributed by atoms with Crippen LogP contribution in [0.4, 0.5) is 0 Å². The highest BCUT2D eigenvalue weighted by Gasteiger charge is 2.26. The van der Waals surface area contributed by atoms with Crippen molar-refractivity contribution >= 4 is 16.9 Å². The van der Waals surface area contributed by atoms with Crippen molar-refractivity contribution in [2.45, 2.75) is 26.7 Å². The molecule has 3 rings (SSSR count). The second-order valence-electron chi connectivity index (χ2n) is 6.37. The molecule has 1 fully saturated rings. The van der Waals surface area contributed by atoms with Crippen molar-refractivity contribution in [3.8, 4) is 0 Å². The molecule has 2 heterocycles. The van der Waals surface area contributed by atoms with Crippen molar-refractivity contribution in [1.82, 2.24) is 10.2 Å². The molecule has 4 heteroatoms. The van der Waals surface area contributed by atoms with Gasteiger partial charge in [-0.3, -0.25) is 4.79 Å². The Morgan fingerprint density at radius 2 is 2.23 bits per heavy atom. The van der Waals surface area contributed by atoms with Crippen LogP contribution in [0.5, 0.6) is 0 Å². The first kappa shape index (κ1) is 15.1. The lowest BCUT2D eigenvalue weighted by molar-refractivity contribution is -0.129. The highest BCUT2D eigenvalue weighted by atomic mass is 16.3. The minimum atomic E-state index is 0.208. The van der Waals surface area contributed by atoms with E-state index in [1.165, 1.54) is 5.56 Å². The quantitative estimate of drug-likeness (QED) is 0.944. The number of hydrogen-bond acceptors (Lipinski definition) is 3. The van der Waals surface area contributed by atoms with Gasteiger partial charge in [-0.25, -0.2) is 0 Å². The summed E-state index contributed by atoms with van der Waals surface area (Å²) in [5.41, 5.74) is 4.29. The number of nitrogens with zero attached hydrogens (tertiary/aromatic N) is 1. The average molecular weight is 300 g/mol. The van der Waals surface area contributed by atoms with Crippen LogP contribution in [0.3, 0.4) is 0 Å². The molecule has 0 spiro atoms. The number of hydrogen-bond donors (Lipinski definition) is 1. The van der Waals surface area contributed by atoms with Gasteiger partial charge in [0.25, 0.3) is 0 Å². The molecule has 1 saturated heterocycles. The van der Waals surface area contributed by atoms with E-state index < -0.39 is 0 Å².